The SMILES string of the molecule is COc1cc2c3c(c1OC)-c1c(ccc(O)c1O)C[C@@H]3[N+](C)(C)CC2. The fourth-order valence-electron chi connectivity index (χ4n) is 4.44. The molecule has 0 saturated heterocycles. The lowest BCUT2D eigenvalue weighted by molar-refractivity contribution is -0.923. The molecular weight excluding hydrogens is 318 g/mol. The lowest BCUT2D eigenvalue weighted by atomic mass is 9.75. The van der Waals surface area contributed by atoms with E-state index in [0.29, 0.717) is 17.1 Å². The first-order valence-corrected chi connectivity index (χ1v) is 8.53. The Bertz CT molecular complexity index is 873. The van der Waals surface area contributed by atoms with Crippen LogP contribution in [0.2, 0.25) is 0 Å². The van der Waals surface area contributed by atoms with Crippen LogP contribution in [-0.4, -0.2) is 49.6 Å². The fraction of sp³-hybridized carbons (Fsp3) is 0.400. The van der Waals surface area contributed by atoms with E-state index in [4.69, 9.17) is 9.47 Å². The Labute approximate surface area is 147 Å². The molecule has 5 heteroatoms. The quantitative estimate of drug-likeness (QED) is 0.651. The van der Waals surface area contributed by atoms with Gasteiger partial charge in [0.05, 0.1) is 34.9 Å². The number of aromatic hydroxyl groups is 2. The molecule has 2 aromatic carbocycles. The van der Waals surface area contributed by atoms with Crippen molar-refractivity contribution in [3.63, 3.8) is 0 Å². The van der Waals surface area contributed by atoms with Crippen molar-refractivity contribution in [2.45, 2.75) is 18.9 Å². The zero-order chi connectivity index (χ0) is 17.9. The van der Waals surface area contributed by atoms with Crippen LogP contribution in [0.4, 0.5) is 0 Å². The molecule has 0 radical (unpaired) electrons. The molecule has 4 rings (SSSR count). The van der Waals surface area contributed by atoms with Crippen molar-refractivity contribution in [2.24, 2.45) is 0 Å². The molecule has 5 nitrogen and oxygen atoms in total. The zero-order valence-electron chi connectivity index (χ0n) is 15.1. The van der Waals surface area contributed by atoms with Gasteiger partial charge in [-0.05, 0) is 23.3 Å². The first-order valence-electron chi connectivity index (χ1n) is 8.53. The van der Waals surface area contributed by atoms with Crippen LogP contribution in [0.15, 0.2) is 18.2 Å². The average Bonchev–Trinajstić information content (AvgIpc) is 2.60. The smallest absolute Gasteiger partial charge is 0.169 e. The number of nitrogens with zero attached hydrogens (tertiary/aromatic N) is 1. The minimum Gasteiger partial charge on any atom is -0.504 e. The summed E-state index contributed by atoms with van der Waals surface area (Å²) in [4.78, 5) is 0. The number of hydrogen-bond donors (Lipinski definition) is 2. The van der Waals surface area contributed by atoms with Gasteiger partial charge in [-0.1, -0.05) is 6.07 Å². The summed E-state index contributed by atoms with van der Waals surface area (Å²) < 4.78 is 12.2. The van der Waals surface area contributed by atoms with E-state index in [1.54, 1.807) is 20.3 Å². The topological polar surface area (TPSA) is 58.9 Å². The van der Waals surface area contributed by atoms with Gasteiger partial charge >= 0.3 is 0 Å². The minimum absolute atomic E-state index is 0.0828. The van der Waals surface area contributed by atoms with Crippen molar-refractivity contribution in [1.82, 2.24) is 0 Å². The van der Waals surface area contributed by atoms with Crippen molar-refractivity contribution < 1.29 is 24.2 Å². The van der Waals surface area contributed by atoms with E-state index < -0.39 is 0 Å². The molecule has 1 atom stereocenters. The third kappa shape index (κ3) is 2.12. The molecule has 2 N–H and O–H groups in total. The molecule has 2 aliphatic rings. The van der Waals surface area contributed by atoms with Gasteiger partial charge in [0.2, 0.25) is 0 Å². The van der Waals surface area contributed by atoms with Gasteiger partial charge in [-0.2, -0.15) is 0 Å². The molecule has 0 amide bonds. The number of benzene rings is 2. The van der Waals surface area contributed by atoms with Crippen LogP contribution in [0.1, 0.15) is 22.7 Å². The maximum Gasteiger partial charge on any atom is 0.169 e. The molecule has 25 heavy (non-hydrogen) atoms. The summed E-state index contributed by atoms with van der Waals surface area (Å²) in [6.07, 6.45) is 1.77. The number of quaternary nitrogens is 1. The predicted octanol–water partition coefficient (Wildman–Crippen LogP) is 3.01. The largest absolute Gasteiger partial charge is 0.504 e. The van der Waals surface area contributed by atoms with Gasteiger partial charge in [-0.15, -0.1) is 0 Å². The Morgan fingerprint density at radius 2 is 1.80 bits per heavy atom. The number of methoxy groups -OCH3 is 2. The van der Waals surface area contributed by atoms with Crippen molar-refractivity contribution in [3.8, 4) is 34.1 Å². The third-order valence-corrected chi connectivity index (χ3v) is 5.84. The number of phenolic OH excluding ortho intramolecular Hbond substituents is 2. The molecule has 1 aliphatic carbocycles. The number of rotatable bonds is 2. The van der Waals surface area contributed by atoms with E-state index >= 15 is 0 Å². The molecule has 1 aliphatic heterocycles. The normalized spacial score (nSPS) is 19.8. The Morgan fingerprint density at radius 3 is 2.48 bits per heavy atom. The van der Waals surface area contributed by atoms with Crippen LogP contribution >= 0.6 is 0 Å². The van der Waals surface area contributed by atoms with Crippen LogP contribution in [0.3, 0.4) is 0 Å². The second-order valence-corrected chi connectivity index (χ2v) is 7.50. The summed E-state index contributed by atoms with van der Waals surface area (Å²) in [7, 11) is 7.74. The Kier molecular flexibility index (Phi) is 3.41. The van der Waals surface area contributed by atoms with Gasteiger partial charge in [-0.3, -0.25) is 0 Å². The highest BCUT2D eigenvalue weighted by Gasteiger charge is 2.44. The molecule has 0 saturated carbocycles. The maximum atomic E-state index is 10.6. The van der Waals surface area contributed by atoms with Crippen molar-refractivity contribution in [1.29, 1.82) is 0 Å². The van der Waals surface area contributed by atoms with E-state index in [-0.39, 0.29) is 17.5 Å². The zero-order valence-corrected chi connectivity index (χ0v) is 15.1. The summed E-state index contributed by atoms with van der Waals surface area (Å²) in [5.41, 5.74) is 5.01. The standard InChI is InChI=1S/C20H23NO4/c1-21(2)8-7-12-10-15(24-3)20(25-4)18-16(12)13(21)9-11-5-6-14(22)19(23)17(11)18/h5-6,10,13H,7-9H2,1-4H3,(H-,22,23)/p+1/t13-/m0/s1. The highest BCUT2D eigenvalue weighted by molar-refractivity contribution is 5.88. The molecule has 0 spiro atoms. The second-order valence-electron chi connectivity index (χ2n) is 7.50. The monoisotopic (exact) mass is 342 g/mol. The maximum absolute atomic E-state index is 10.6. The van der Waals surface area contributed by atoms with Gasteiger partial charge in [0, 0.05) is 29.5 Å². The van der Waals surface area contributed by atoms with E-state index in [1.165, 1.54) is 11.1 Å². The van der Waals surface area contributed by atoms with Gasteiger partial charge in [0.1, 0.15) is 6.04 Å². The van der Waals surface area contributed by atoms with E-state index in [0.717, 1.165) is 35.0 Å². The third-order valence-electron chi connectivity index (χ3n) is 5.84. The van der Waals surface area contributed by atoms with Crippen LogP contribution < -0.4 is 9.47 Å². The highest BCUT2D eigenvalue weighted by Crippen LogP contribution is 2.56. The fourth-order valence-corrected chi connectivity index (χ4v) is 4.44. The van der Waals surface area contributed by atoms with Crippen molar-refractivity contribution in [2.75, 3.05) is 34.9 Å². The minimum atomic E-state index is -0.111. The van der Waals surface area contributed by atoms with E-state index in [2.05, 4.69) is 20.2 Å². The van der Waals surface area contributed by atoms with E-state index in [1.807, 2.05) is 6.07 Å². The predicted molar refractivity (Wildman–Crippen MR) is 95.4 cm³/mol. The summed E-state index contributed by atoms with van der Waals surface area (Å²) in [6, 6.07) is 5.82. The molecule has 0 unspecified atom stereocenters. The van der Waals surface area contributed by atoms with Crippen LogP contribution in [0.5, 0.6) is 23.0 Å². The molecule has 0 aromatic heterocycles. The highest BCUT2D eigenvalue weighted by atomic mass is 16.5. The molecular formula is C20H24NO4+. The van der Waals surface area contributed by atoms with Gasteiger partial charge in [0.25, 0.3) is 0 Å². The second kappa shape index (κ2) is 5.30. The van der Waals surface area contributed by atoms with Crippen LogP contribution in [0.25, 0.3) is 11.1 Å². The van der Waals surface area contributed by atoms with Gasteiger partial charge in [0.15, 0.2) is 23.0 Å². The Balaban J connectivity index is 2.14. The summed E-state index contributed by atoms with van der Waals surface area (Å²) in [5.74, 6) is 1.09. The lowest BCUT2D eigenvalue weighted by Crippen LogP contribution is -2.49. The van der Waals surface area contributed by atoms with Crippen LogP contribution in [-0.2, 0) is 12.8 Å². The molecule has 0 fully saturated rings. The number of likely N-dealkylation sites (N-methyl/N-ethyl adjacent to an activating group) is 1. The first kappa shape index (κ1) is 16.1. The van der Waals surface area contributed by atoms with Gasteiger partial charge < -0.3 is 24.2 Å². The average molecular weight is 342 g/mol. The molecule has 132 valence electrons. The van der Waals surface area contributed by atoms with Gasteiger partial charge in [-0.25, -0.2) is 0 Å². The lowest BCUT2D eigenvalue weighted by Gasteiger charge is -2.46. The molecule has 2 aromatic rings. The number of phenols is 2. The van der Waals surface area contributed by atoms with Crippen LogP contribution in [0, 0.1) is 0 Å². The van der Waals surface area contributed by atoms with Crippen molar-refractivity contribution in [3.05, 3.63) is 34.9 Å². The summed E-state index contributed by atoms with van der Waals surface area (Å²) in [5, 5.41) is 20.7. The Hall–Kier alpha value is -2.40. The number of hydrogen-bond acceptors (Lipinski definition) is 4. The number of fused-ring (bicyclic) bond motifs is 2. The summed E-state index contributed by atoms with van der Waals surface area (Å²) >= 11 is 0. The summed E-state index contributed by atoms with van der Waals surface area (Å²) in [6.45, 7) is 1.05. The van der Waals surface area contributed by atoms with Crippen molar-refractivity contribution >= 4 is 0 Å². The number of ether oxygens (including phenoxy) is 2. The van der Waals surface area contributed by atoms with E-state index in [9.17, 15) is 10.2 Å². The first-order chi connectivity index (χ1) is 11.9. The Morgan fingerprint density at radius 1 is 1.04 bits per heavy atom. The molecule has 1 heterocycles. The molecule has 0 bridgehead atoms.